The van der Waals surface area contributed by atoms with Crippen molar-refractivity contribution in [3.63, 3.8) is 0 Å². The van der Waals surface area contributed by atoms with Crippen molar-refractivity contribution in [1.82, 2.24) is 9.97 Å². The van der Waals surface area contributed by atoms with Crippen LogP contribution in [0.25, 0.3) is 0 Å². The topological polar surface area (TPSA) is 82.6 Å². The van der Waals surface area contributed by atoms with Gasteiger partial charge >= 0.3 is 0 Å². The lowest BCUT2D eigenvalue weighted by molar-refractivity contribution is 0.123. The van der Waals surface area contributed by atoms with E-state index in [0.717, 1.165) is 31.2 Å². The van der Waals surface area contributed by atoms with Crippen molar-refractivity contribution in [3.05, 3.63) is 39.1 Å². The summed E-state index contributed by atoms with van der Waals surface area (Å²) in [6, 6.07) is 5.54. The third kappa shape index (κ3) is 3.71. The Morgan fingerprint density at radius 2 is 2.27 bits per heavy atom. The molecule has 2 aromatic heterocycles. The SMILES string of the molecule is Cc1cc(=O)[nH]c(N/N=C\c2ccc(N3CCOCC3)s2)n1. The first-order valence-electron chi connectivity index (χ1n) is 7.00. The number of aromatic amines is 1. The molecule has 1 aliphatic rings. The second-order valence-electron chi connectivity index (χ2n) is 4.88. The predicted molar refractivity (Wildman–Crippen MR) is 88.2 cm³/mol. The highest BCUT2D eigenvalue weighted by molar-refractivity contribution is 7.17. The fraction of sp³-hybridized carbons (Fsp3) is 0.357. The monoisotopic (exact) mass is 319 g/mol. The molecule has 0 radical (unpaired) electrons. The van der Waals surface area contributed by atoms with Gasteiger partial charge in [-0.15, -0.1) is 11.3 Å². The Bertz CT molecular complexity index is 718. The van der Waals surface area contributed by atoms with Crippen LogP contribution in [0.3, 0.4) is 0 Å². The molecule has 8 heteroatoms. The Morgan fingerprint density at radius 1 is 1.45 bits per heavy atom. The summed E-state index contributed by atoms with van der Waals surface area (Å²) in [5, 5.41) is 5.33. The summed E-state index contributed by atoms with van der Waals surface area (Å²) in [4.78, 5) is 21.4. The molecular weight excluding hydrogens is 302 g/mol. The Hall–Kier alpha value is -2.19. The van der Waals surface area contributed by atoms with Gasteiger partial charge in [0.1, 0.15) is 0 Å². The average Bonchev–Trinajstić information content (AvgIpc) is 2.96. The van der Waals surface area contributed by atoms with Crippen molar-refractivity contribution in [1.29, 1.82) is 0 Å². The van der Waals surface area contributed by atoms with E-state index in [1.54, 1.807) is 24.5 Å². The van der Waals surface area contributed by atoms with E-state index in [-0.39, 0.29) is 5.56 Å². The third-order valence-electron chi connectivity index (χ3n) is 3.17. The van der Waals surface area contributed by atoms with Crippen molar-refractivity contribution in [2.24, 2.45) is 5.10 Å². The summed E-state index contributed by atoms with van der Waals surface area (Å²) in [5.74, 6) is 0.339. The molecule has 2 aromatic rings. The molecule has 0 saturated carbocycles. The zero-order valence-corrected chi connectivity index (χ0v) is 13.0. The molecule has 3 rings (SSSR count). The molecule has 7 nitrogen and oxygen atoms in total. The Kier molecular flexibility index (Phi) is 4.50. The lowest BCUT2D eigenvalue weighted by Gasteiger charge is -2.27. The number of thiophene rings is 1. The summed E-state index contributed by atoms with van der Waals surface area (Å²) in [5.41, 5.74) is 3.19. The van der Waals surface area contributed by atoms with Crippen LogP contribution < -0.4 is 15.9 Å². The number of hydrazone groups is 1. The van der Waals surface area contributed by atoms with Gasteiger partial charge in [-0.1, -0.05) is 0 Å². The number of nitrogens with zero attached hydrogens (tertiary/aromatic N) is 3. The molecule has 0 spiro atoms. The Labute approximate surface area is 131 Å². The van der Waals surface area contributed by atoms with Gasteiger partial charge in [-0.2, -0.15) is 5.10 Å². The summed E-state index contributed by atoms with van der Waals surface area (Å²) < 4.78 is 5.35. The van der Waals surface area contributed by atoms with Crippen molar-refractivity contribution < 1.29 is 4.74 Å². The lowest BCUT2D eigenvalue weighted by Crippen LogP contribution is -2.35. The van der Waals surface area contributed by atoms with Crippen LogP contribution in [0.1, 0.15) is 10.6 Å². The maximum Gasteiger partial charge on any atom is 0.252 e. The molecular formula is C14H17N5O2S. The summed E-state index contributed by atoms with van der Waals surface area (Å²) >= 11 is 1.67. The van der Waals surface area contributed by atoms with E-state index in [2.05, 4.69) is 31.5 Å². The number of ether oxygens (including phenoxy) is 1. The van der Waals surface area contributed by atoms with Crippen molar-refractivity contribution in [3.8, 4) is 0 Å². The van der Waals surface area contributed by atoms with Crippen LogP contribution in [0, 0.1) is 6.92 Å². The number of rotatable bonds is 4. The second-order valence-corrected chi connectivity index (χ2v) is 5.97. The number of morpholine rings is 1. The molecule has 1 saturated heterocycles. The summed E-state index contributed by atoms with van der Waals surface area (Å²) in [7, 11) is 0. The van der Waals surface area contributed by atoms with E-state index < -0.39 is 0 Å². The van der Waals surface area contributed by atoms with E-state index in [0.29, 0.717) is 11.6 Å². The number of aryl methyl sites for hydroxylation is 1. The molecule has 2 N–H and O–H groups in total. The van der Waals surface area contributed by atoms with E-state index in [1.807, 2.05) is 6.07 Å². The minimum Gasteiger partial charge on any atom is -0.378 e. The standard InChI is InChI=1S/C14H17N5O2S/c1-10-8-12(20)17-14(16-10)18-15-9-11-2-3-13(22-11)19-4-6-21-7-5-19/h2-3,8-9H,4-7H2,1H3,(H2,16,17,18,20)/b15-9-. The van der Waals surface area contributed by atoms with Gasteiger partial charge in [0.15, 0.2) is 0 Å². The summed E-state index contributed by atoms with van der Waals surface area (Å²) in [6.45, 7) is 5.15. The molecule has 1 fully saturated rings. The molecule has 0 unspecified atom stereocenters. The smallest absolute Gasteiger partial charge is 0.252 e. The second kappa shape index (κ2) is 6.71. The van der Waals surface area contributed by atoms with Gasteiger partial charge in [-0.3, -0.25) is 9.78 Å². The minimum atomic E-state index is -0.198. The third-order valence-corrected chi connectivity index (χ3v) is 4.25. The molecule has 0 bridgehead atoms. The average molecular weight is 319 g/mol. The lowest BCUT2D eigenvalue weighted by atomic mass is 10.4. The van der Waals surface area contributed by atoms with Crippen LogP contribution in [-0.2, 0) is 4.74 Å². The van der Waals surface area contributed by atoms with Gasteiger partial charge in [0.05, 0.1) is 24.4 Å². The van der Waals surface area contributed by atoms with E-state index in [1.165, 1.54) is 11.1 Å². The van der Waals surface area contributed by atoms with Gasteiger partial charge in [-0.05, 0) is 19.1 Å². The van der Waals surface area contributed by atoms with Crippen LogP contribution in [-0.4, -0.2) is 42.5 Å². The number of H-pyrrole nitrogens is 1. The first-order valence-corrected chi connectivity index (χ1v) is 7.82. The van der Waals surface area contributed by atoms with Gasteiger partial charge in [0.2, 0.25) is 5.95 Å². The fourth-order valence-corrected chi connectivity index (χ4v) is 3.09. The van der Waals surface area contributed by atoms with Crippen LogP contribution in [0.4, 0.5) is 10.9 Å². The van der Waals surface area contributed by atoms with Gasteiger partial charge in [0, 0.05) is 29.7 Å². The molecule has 0 amide bonds. The molecule has 116 valence electrons. The maximum absolute atomic E-state index is 11.3. The normalized spacial score (nSPS) is 15.4. The van der Waals surface area contributed by atoms with Crippen molar-refractivity contribution in [2.75, 3.05) is 36.6 Å². The van der Waals surface area contributed by atoms with Crippen molar-refractivity contribution >= 4 is 28.5 Å². The predicted octanol–water partition coefficient (Wildman–Crippen LogP) is 1.42. The van der Waals surface area contributed by atoms with Gasteiger partial charge < -0.3 is 9.64 Å². The zero-order valence-electron chi connectivity index (χ0n) is 12.2. The number of hydrogen-bond donors (Lipinski definition) is 2. The molecule has 3 heterocycles. The number of hydrogen-bond acceptors (Lipinski definition) is 7. The van der Waals surface area contributed by atoms with Crippen LogP contribution in [0.5, 0.6) is 0 Å². The molecule has 22 heavy (non-hydrogen) atoms. The molecule has 0 aromatic carbocycles. The quantitative estimate of drug-likeness (QED) is 0.658. The van der Waals surface area contributed by atoms with Crippen LogP contribution in [0.2, 0.25) is 0 Å². The fourth-order valence-electron chi connectivity index (χ4n) is 2.15. The van der Waals surface area contributed by atoms with Gasteiger partial charge in [-0.25, -0.2) is 10.4 Å². The van der Waals surface area contributed by atoms with E-state index in [4.69, 9.17) is 4.74 Å². The molecule has 0 atom stereocenters. The van der Waals surface area contributed by atoms with E-state index >= 15 is 0 Å². The van der Waals surface area contributed by atoms with Crippen molar-refractivity contribution in [2.45, 2.75) is 6.92 Å². The van der Waals surface area contributed by atoms with Crippen LogP contribution in [0.15, 0.2) is 28.1 Å². The Morgan fingerprint density at radius 3 is 3.05 bits per heavy atom. The molecule has 0 aliphatic carbocycles. The highest BCUT2D eigenvalue weighted by Gasteiger charge is 2.12. The minimum absolute atomic E-state index is 0.198. The zero-order chi connectivity index (χ0) is 15.4. The largest absolute Gasteiger partial charge is 0.378 e. The van der Waals surface area contributed by atoms with E-state index in [9.17, 15) is 4.79 Å². The first kappa shape index (κ1) is 14.7. The summed E-state index contributed by atoms with van der Waals surface area (Å²) in [6.07, 6.45) is 1.72. The number of anilines is 2. The van der Waals surface area contributed by atoms with Crippen LogP contribution >= 0.6 is 11.3 Å². The van der Waals surface area contributed by atoms with Gasteiger partial charge in [0.25, 0.3) is 5.56 Å². The highest BCUT2D eigenvalue weighted by atomic mass is 32.1. The molecule has 1 aliphatic heterocycles. The maximum atomic E-state index is 11.3. The Balaban J connectivity index is 1.63. The first-order chi connectivity index (χ1) is 10.7. The number of aromatic nitrogens is 2. The number of nitrogens with one attached hydrogen (secondary N) is 2. The highest BCUT2D eigenvalue weighted by Crippen LogP contribution is 2.25.